The average Bonchev–Trinajstić information content (AvgIpc) is 2.82. The van der Waals surface area contributed by atoms with Gasteiger partial charge in [0.25, 0.3) is 0 Å². The van der Waals surface area contributed by atoms with Gasteiger partial charge in [-0.2, -0.15) is 0 Å². The van der Waals surface area contributed by atoms with Crippen molar-refractivity contribution in [3.05, 3.63) is 29.0 Å². The summed E-state index contributed by atoms with van der Waals surface area (Å²) in [7, 11) is 0. The van der Waals surface area contributed by atoms with Crippen LogP contribution in [0.2, 0.25) is 5.02 Å². The van der Waals surface area contributed by atoms with Crippen LogP contribution in [-0.4, -0.2) is 34.1 Å². The Kier molecular flexibility index (Phi) is 5.65. The third kappa shape index (κ3) is 3.78. The van der Waals surface area contributed by atoms with E-state index < -0.39 is 0 Å². The van der Waals surface area contributed by atoms with Gasteiger partial charge in [-0.25, -0.2) is 4.98 Å². The molecule has 2 aromatic rings. The van der Waals surface area contributed by atoms with E-state index in [0.29, 0.717) is 5.92 Å². The Hall–Kier alpha value is -1.06. The second-order valence-corrected chi connectivity index (χ2v) is 6.23. The van der Waals surface area contributed by atoms with Gasteiger partial charge in [-0.05, 0) is 44.3 Å². The molecule has 0 aliphatic rings. The molecule has 2 rings (SSSR count). The molecule has 0 radical (unpaired) electrons. The first kappa shape index (κ1) is 16.3. The van der Waals surface area contributed by atoms with Gasteiger partial charge in [0, 0.05) is 17.5 Å². The van der Waals surface area contributed by atoms with Crippen molar-refractivity contribution in [3.63, 3.8) is 0 Å². The summed E-state index contributed by atoms with van der Waals surface area (Å²) in [5.41, 5.74) is 2.21. The molecule has 4 heteroatoms. The van der Waals surface area contributed by atoms with Crippen molar-refractivity contribution >= 4 is 22.6 Å². The lowest BCUT2D eigenvalue weighted by Gasteiger charge is -2.19. The minimum absolute atomic E-state index is 0.421. The molecule has 21 heavy (non-hydrogen) atoms. The minimum atomic E-state index is 0.421. The van der Waals surface area contributed by atoms with Gasteiger partial charge >= 0.3 is 0 Å². The van der Waals surface area contributed by atoms with Crippen molar-refractivity contribution < 1.29 is 0 Å². The third-order valence-electron chi connectivity index (χ3n) is 4.01. The van der Waals surface area contributed by atoms with E-state index in [2.05, 4.69) is 37.2 Å². The Morgan fingerprint density at radius 2 is 1.95 bits per heavy atom. The molecule has 0 atom stereocenters. The van der Waals surface area contributed by atoms with E-state index in [1.54, 1.807) is 0 Å². The molecular weight excluding hydrogens is 282 g/mol. The molecule has 0 amide bonds. The van der Waals surface area contributed by atoms with Gasteiger partial charge in [-0.1, -0.05) is 39.3 Å². The Morgan fingerprint density at radius 1 is 1.24 bits per heavy atom. The van der Waals surface area contributed by atoms with Crippen molar-refractivity contribution in [3.8, 4) is 0 Å². The maximum atomic E-state index is 6.16. The average molecular weight is 308 g/mol. The minimum Gasteiger partial charge on any atom is -0.328 e. The lowest BCUT2D eigenvalue weighted by atomic mass is 10.2. The lowest BCUT2D eigenvalue weighted by Crippen LogP contribution is -2.25. The maximum Gasteiger partial charge on any atom is 0.112 e. The van der Waals surface area contributed by atoms with Crippen molar-refractivity contribution in [2.75, 3.05) is 19.6 Å². The smallest absolute Gasteiger partial charge is 0.112 e. The zero-order chi connectivity index (χ0) is 15.4. The Labute approximate surface area is 132 Å². The summed E-state index contributed by atoms with van der Waals surface area (Å²) in [6, 6.07) is 5.97. The predicted octanol–water partition coefficient (Wildman–Crippen LogP) is 4.55. The molecule has 0 unspecified atom stereocenters. The first-order chi connectivity index (χ1) is 10.1. The van der Waals surface area contributed by atoms with Crippen molar-refractivity contribution in [1.82, 2.24) is 14.5 Å². The zero-order valence-corrected chi connectivity index (χ0v) is 14.3. The van der Waals surface area contributed by atoms with Crippen LogP contribution in [0, 0.1) is 0 Å². The highest BCUT2D eigenvalue weighted by atomic mass is 35.5. The highest BCUT2D eigenvalue weighted by Gasteiger charge is 2.14. The largest absolute Gasteiger partial charge is 0.328 e. The van der Waals surface area contributed by atoms with E-state index in [1.807, 2.05) is 18.2 Å². The fourth-order valence-corrected chi connectivity index (χ4v) is 2.95. The number of benzene rings is 1. The summed E-state index contributed by atoms with van der Waals surface area (Å²) in [6.45, 7) is 13.2. The number of imidazole rings is 1. The van der Waals surface area contributed by atoms with Crippen LogP contribution in [0.3, 0.4) is 0 Å². The maximum absolute atomic E-state index is 6.16. The lowest BCUT2D eigenvalue weighted by molar-refractivity contribution is 0.293. The molecule has 1 aromatic carbocycles. The molecule has 0 aliphatic carbocycles. The molecule has 0 N–H and O–H groups in total. The van der Waals surface area contributed by atoms with Crippen LogP contribution in [0.25, 0.3) is 11.0 Å². The highest BCUT2D eigenvalue weighted by molar-refractivity contribution is 6.31. The van der Waals surface area contributed by atoms with Crippen LogP contribution < -0.4 is 0 Å². The summed E-state index contributed by atoms with van der Waals surface area (Å²) < 4.78 is 2.34. The molecule has 0 spiro atoms. The molecule has 116 valence electrons. The quantitative estimate of drug-likeness (QED) is 0.748. The van der Waals surface area contributed by atoms with E-state index >= 15 is 0 Å². The molecule has 0 saturated heterocycles. The molecule has 1 heterocycles. The van der Waals surface area contributed by atoms with Crippen molar-refractivity contribution in [2.24, 2.45) is 0 Å². The monoisotopic (exact) mass is 307 g/mol. The number of hydrogen-bond acceptors (Lipinski definition) is 2. The number of aromatic nitrogens is 2. The second kappa shape index (κ2) is 7.28. The summed E-state index contributed by atoms with van der Waals surface area (Å²) in [6.07, 6.45) is 1.14. The summed E-state index contributed by atoms with van der Waals surface area (Å²) >= 11 is 6.16. The number of hydrogen-bond donors (Lipinski definition) is 0. The third-order valence-corrected chi connectivity index (χ3v) is 4.24. The standard InChI is InChI=1S/C17H26ClN3/c1-5-20(6-2)10-7-11-21-16-12-14(18)8-9-15(16)19-17(21)13(3)4/h8-9,12-13H,5-7,10-11H2,1-4H3. The number of nitrogens with zero attached hydrogens (tertiary/aromatic N) is 3. The second-order valence-electron chi connectivity index (χ2n) is 5.79. The summed E-state index contributed by atoms with van der Waals surface area (Å²) in [5.74, 6) is 1.58. The first-order valence-corrected chi connectivity index (χ1v) is 8.32. The van der Waals surface area contributed by atoms with Crippen LogP contribution in [0.1, 0.15) is 45.9 Å². The van der Waals surface area contributed by atoms with Crippen LogP contribution in [0.5, 0.6) is 0 Å². The molecule has 0 fully saturated rings. The van der Waals surface area contributed by atoms with E-state index in [-0.39, 0.29) is 0 Å². The summed E-state index contributed by atoms with van der Waals surface area (Å²) in [4.78, 5) is 7.24. The SMILES string of the molecule is CCN(CC)CCCn1c(C(C)C)nc2ccc(Cl)cc21. The predicted molar refractivity (Wildman–Crippen MR) is 91.2 cm³/mol. The zero-order valence-electron chi connectivity index (χ0n) is 13.6. The van der Waals surface area contributed by atoms with Crippen molar-refractivity contribution in [1.29, 1.82) is 0 Å². The highest BCUT2D eigenvalue weighted by Crippen LogP contribution is 2.24. The summed E-state index contributed by atoms with van der Waals surface area (Å²) in [5, 5.41) is 0.780. The Balaban J connectivity index is 2.23. The Morgan fingerprint density at radius 3 is 2.57 bits per heavy atom. The molecule has 0 bridgehead atoms. The van der Waals surface area contributed by atoms with Crippen LogP contribution >= 0.6 is 11.6 Å². The topological polar surface area (TPSA) is 21.1 Å². The molecule has 3 nitrogen and oxygen atoms in total. The van der Waals surface area contributed by atoms with Gasteiger partial charge in [0.05, 0.1) is 11.0 Å². The van der Waals surface area contributed by atoms with Gasteiger partial charge < -0.3 is 9.47 Å². The molecular formula is C17H26ClN3. The fourth-order valence-electron chi connectivity index (χ4n) is 2.78. The van der Waals surface area contributed by atoms with Crippen molar-refractivity contribution in [2.45, 2.75) is 46.6 Å². The van der Waals surface area contributed by atoms with E-state index in [0.717, 1.165) is 54.5 Å². The van der Waals surface area contributed by atoms with E-state index in [1.165, 1.54) is 0 Å². The van der Waals surface area contributed by atoms with Gasteiger partial charge in [-0.3, -0.25) is 0 Å². The van der Waals surface area contributed by atoms with Gasteiger partial charge in [-0.15, -0.1) is 0 Å². The van der Waals surface area contributed by atoms with E-state index in [4.69, 9.17) is 16.6 Å². The number of fused-ring (bicyclic) bond motifs is 1. The van der Waals surface area contributed by atoms with Crippen LogP contribution in [-0.2, 0) is 6.54 Å². The molecule has 1 aromatic heterocycles. The molecule has 0 aliphatic heterocycles. The number of halogens is 1. The van der Waals surface area contributed by atoms with Gasteiger partial charge in [0.2, 0.25) is 0 Å². The Bertz CT molecular complexity index is 585. The number of rotatable bonds is 7. The van der Waals surface area contributed by atoms with Crippen LogP contribution in [0.15, 0.2) is 18.2 Å². The fraction of sp³-hybridized carbons (Fsp3) is 0.588. The first-order valence-electron chi connectivity index (χ1n) is 7.94. The van der Waals surface area contributed by atoms with Gasteiger partial charge in [0.1, 0.15) is 5.82 Å². The normalized spacial score (nSPS) is 12.0. The molecule has 0 saturated carbocycles. The van der Waals surface area contributed by atoms with E-state index in [9.17, 15) is 0 Å². The van der Waals surface area contributed by atoms with Gasteiger partial charge in [0.15, 0.2) is 0 Å². The van der Waals surface area contributed by atoms with Crippen LogP contribution in [0.4, 0.5) is 0 Å². The number of aryl methyl sites for hydroxylation is 1.